The molecule has 0 aromatic heterocycles. The number of hydrogen-bond acceptors (Lipinski definition) is 0. The Morgan fingerprint density at radius 3 is 2.14 bits per heavy atom. The fourth-order valence-corrected chi connectivity index (χ4v) is 2.65. The molecule has 0 unspecified atom stereocenters. The molecule has 1 aromatic rings. The summed E-state index contributed by atoms with van der Waals surface area (Å²) in [7, 11) is 0. The summed E-state index contributed by atoms with van der Waals surface area (Å²) < 4.78 is 37.8. The van der Waals surface area contributed by atoms with E-state index in [1.54, 1.807) is 0 Å². The minimum absolute atomic E-state index is 0.00532. The molecule has 1 rings (SSSR count). The van der Waals surface area contributed by atoms with Crippen LogP contribution in [0.5, 0.6) is 0 Å². The molecule has 1 aromatic carbocycles. The smallest absolute Gasteiger partial charge is 0.166 e. The average Bonchev–Trinajstić information content (AvgIpc) is 2.02. The highest BCUT2D eigenvalue weighted by Crippen LogP contribution is 2.38. The largest absolute Gasteiger partial charge is 0.417 e. The van der Waals surface area contributed by atoms with Gasteiger partial charge in [-0.25, -0.2) is 0 Å². The summed E-state index contributed by atoms with van der Waals surface area (Å²) in [4.78, 5) is 0. The van der Waals surface area contributed by atoms with E-state index in [0.717, 1.165) is 6.07 Å². The molecular formula is C8H4Br2ClF3. The minimum Gasteiger partial charge on any atom is -0.166 e. The zero-order chi connectivity index (χ0) is 10.9. The third kappa shape index (κ3) is 2.64. The van der Waals surface area contributed by atoms with Crippen LogP contribution in [-0.2, 0) is 12.1 Å². The van der Waals surface area contributed by atoms with Crippen LogP contribution in [0.25, 0.3) is 0 Å². The number of alkyl halides is 4. The van der Waals surface area contributed by atoms with Crippen LogP contribution in [0, 0.1) is 0 Å². The molecule has 0 atom stereocenters. The van der Waals surface area contributed by atoms with Crippen LogP contribution in [-0.4, -0.2) is 0 Å². The molecule has 0 aliphatic heterocycles. The minimum atomic E-state index is -4.36. The van der Waals surface area contributed by atoms with E-state index in [9.17, 15) is 13.2 Å². The van der Waals surface area contributed by atoms with Gasteiger partial charge in [-0.05, 0) is 17.7 Å². The Hall–Kier alpha value is 0.260. The van der Waals surface area contributed by atoms with E-state index in [0.29, 0.717) is 10.0 Å². The number of halogens is 6. The maximum absolute atomic E-state index is 12.4. The van der Waals surface area contributed by atoms with Gasteiger partial charge in [-0.1, -0.05) is 31.9 Å². The Balaban J connectivity index is 3.32. The van der Waals surface area contributed by atoms with Crippen molar-refractivity contribution in [2.24, 2.45) is 0 Å². The fraction of sp³-hybridized carbons (Fsp3) is 0.250. The Labute approximate surface area is 101 Å². The monoisotopic (exact) mass is 350 g/mol. The van der Waals surface area contributed by atoms with Gasteiger partial charge in [-0.3, -0.25) is 0 Å². The molecule has 0 nitrogen and oxygen atoms in total. The molecule has 0 amide bonds. The lowest BCUT2D eigenvalue weighted by Gasteiger charge is -2.11. The van der Waals surface area contributed by atoms with E-state index < -0.39 is 11.7 Å². The van der Waals surface area contributed by atoms with Crippen molar-refractivity contribution in [1.82, 2.24) is 0 Å². The molecular weight excluding hydrogens is 348 g/mol. The number of hydrogen-bond donors (Lipinski definition) is 0. The summed E-state index contributed by atoms with van der Waals surface area (Å²) in [5.41, 5.74) is -0.293. The Kier molecular flexibility index (Phi) is 3.88. The van der Waals surface area contributed by atoms with E-state index in [-0.39, 0.29) is 10.4 Å². The first-order chi connectivity index (χ1) is 6.36. The summed E-state index contributed by atoms with van der Waals surface area (Å²) in [6, 6.07) is 2.38. The fourth-order valence-electron chi connectivity index (χ4n) is 0.913. The Morgan fingerprint density at radius 2 is 1.71 bits per heavy atom. The van der Waals surface area contributed by atoms with Gasteiger partial charge in [0.2, 0.25) is 0 Å². The van der Waals surface area contributed by atoms with Crippen molar-refractivity contribution in [3.05, 3.63) is 32.2 Å². The second-order valence-corrected chi connectivity index (χ2v) is 4.53. The molecule has 14 heavy (non-hydrogen) atoms. The Morgan fingerprint density at radius 1 is 1.14 bits per heavy atom. The van der Waals surface area contributed by atoms with Crippen molar-refractivity contribution in [1.29, 1.82) is 0 Å². The summed E-state index contributed by atoms with van der Waals surface area (Å²) in [5, 5.41) is 0. The normalized spacial score (nSPS) is 11.9. The van der Waals surface area contributed by atoms with Crippen molar-refractivity contribution in [3.63, 3.8) is 0 Å². The molecule has 0 N–H and O–H groups in total. The van der Waals surface area contributed by atoms with Crippen molar-refractivity contribution in [2.45, 2.75) is 12.1 Å². The van der Waals surface area contributed by atoms with Crippen LogP contribution < -0.4 is 0 Å². The van der Waals surface area contributed by atoms with Crippen molar-refractivity contribution >= 4 is 43.5 Å². The molecule has 0 heterocycles. The van der Waals surface area contributed by atoms with E-state index in [2.05, 4.69) is 31.9 Å². The first kappa shape index (κ1) is 12.3. The summed E-state index contributed by atoms with van der Waals surface area (Å²) in [6.45, 7) is 0. The second kappa shape index (κ2) is 4.41. The SMILES string of the molecule is FC(F)(F)c1cc(CCl)c(Br)cc1Br. The lowest BCUT2D eigenvalue weighted by Crippen LogP contribution is -2.06. The van der Waals surface area contributed by atoms with Gasteiger partial charge >= 0.3 is 6.18 Å². The molecule has 0 bridgehead atoms. The number of rotatable bonds is 1. The van der Waals surface area contributed by atoms with Gasteiger partial charge in [-0.2, -0.15) is 13.2 Å². The highest BCUT2D eigenvalue weighted by atomic mass is 79.9. The lowest BCUT2D eigenvalue weighted by atomic mass is 10.1. The molecule has 0 saturated carbocycles. The second-order valence-electron chi connectivity index (χ2n) is 2.55. The van der Waals surface area contributed by atoms with Gasteiger partial charge in [0.05, 0.1) is 5.56 Å². The summed E-state index contributed by atoms with van der Waals surface area (Å²) in [5.74, 6) is 0.0386. The van der Waals surface area contributed by atoms with Crippen molar-refractivity contribution in [2.75, 3.05) is 0 Å². The molecule has 6 heteroatoms. The van der Waals surface area contributed by atoms with Gasteiger partial charge in [0.15, 0.2) is 0 Å². The molecule has 78 valence electrons. The van der Waals surface area contributed by atoms with Gasteiger partial charge in [0, 0.05) is 14.8 Å². The van der Waals surface area contributed by atoms with Crippen LogP contribution in [0.3, 0.4) is 0 Å². The average molecular weight is 352 g/mol. The molecule has 0 saturated heterocycles. The van der Waals surface area contributed by atoms with E-state index in [4.69, 9.17) is 11.6 Å². The summed E-state index contributed by atoms with van der Waals surface area (Å²) >= 11 is 11.5. The van der Waals surface area contributed by atoms with Crippen LogP contribution in [0.4, 0.5) is 13.2 Å². The van der Waals surface area contributed by atoms with Crippen LogP contribution in [0.1, 0.15) is 11.1 Å². The van der Waals surface area contributed by atoms with E-state index in [1.807, 2.05) is 0 Å². The van der Waals surface area contributed by atoms with Crippen molar-refractivity contribution in [3.8, 4) is 0 Å². The number of benzene rings is 1. The quantitative estimate of drug-likeness (QED) is 0.626. The van der Waals surface area contributed by atoms with Crippen LogP contribution >= 0.6 is 43.5 Å². The molecule has 0 aliphatic carbocycles. The summed E-state index contributed by atoms with van der Waals surface area (Å²) in [6.07, 6.45) is -4.36. The first-order valence-corrected chi connectivity index (χ1v) is 5.59. The zero-order valence-corrected chi connectivity index (χ0v) is 10.6. The third-order valence-corrected chi connectivity index (χ3v) is 3.27. The molecule has 0 aliphatic rings. The van der Waals surface area contributed by atoms with Gasteiger partial charge < -0.3 is 0 Å². The van der Waals surface area contributed by atoms with Crippen molar-refractivity contribution < 1.29 is 13.2 Å². The maximum atomic E-state index is 12.4. The standard InChI is InChI=1S/C8H4Br2ClF3/c9-6-2-7(10)5(8(12,13)14)1-4(6)3-11/h1-2H,3H2. The highest BCUT2D eigenvalue weighted by molar-refractivity contribution is 9.11. The predicted octanol–water partition coefficient (Wildman–Crippen LogP) is 4.97. The van der Waals surface area contributed by atoms with Crippen LogP contribution in [0.2, 0.25) is 0 Å². The predicted molar refractivity (Wildman–Crippen MR) is 56.4 cm³/mol. The topological polar surface area (TPSA) is 0 Å². The molecule has 0 spiro atoms. The maximum Gasteiger partial charge on any atom is 0.417 e. The molecule has 0 radical (unpaired) electrons. The van der Waals surface area contributed by atoms with Crippen LogP contribution in [0.15, 0.2) is 21.1 Å². The third-order valence-electron chi connectivity index (χ3n) is 1.59. The van der Waals surface area contributed by atoms with Gasteiger partial charge in [0.1, 0.15) is 0 Å². The molecule has 0 fully saturated rings. The first-order valence-electron chi connectivity index (χ1n) is 3.47. The van der Waals surface area contributed by atoms with E-state index in [1.165, 1.54) is 6.07 Å². The van der Waals surface area contributed by atoms with Gasteiger partial charge in [-0.15, -0.1) is 11.6 Å². The zero-order valence-electron chi connectivity index (χ0n) is 6.63. The lowest BCUT2D eigenvalue weighted by molar-refractivity contribution is -0.138. The highest BCUT2D eigenvalue weighted by Gasteiger charge is 2.33. The van der Waals surface area contributed by atoms with Gasteiger partial charge in [0.25, 0.3) is 0 Å². The Bertz CT molecular complexity index is 349. The van der Waals surface area contributed by atoms with E-state index >= 15 is 0 Å².